The second-order valence-corrected chi connectivity index (χ2v) is 6.11. The van der Waals surface area contributed by atoms with Gasteiger partial charge in [-0.15, -0.1) is 0 Å². The number of nitrogens with one attached hydrogen (secondary N) is 1. The van der Waals surface area contributed by atoms with Crippen molar-refractivity contribution < 1.29 is 22.3 Å². The van der Waals surface area contributed by atoms with Gasteiger partial charge in [-0.05, 0) is 24.1 Å². The summed E-state index contributed by atoms with van der Waals surface area (Å²) in [5.41, 5.74) is -0.194. The zero-order chi connectivity index (χ0) is 14.6. The molecule has 1 aromatic rings. The van der Waals surface area contributed by atoms with Crippen molar-refractivity contribution in [2.45, 2.75) is 18.7 Å². The first-order valence-corrected chi connectivity index (χ1v) is 7.13. The van der Waals surface area contributed by atoms with E-state index in [-0.39, 0.29) is 18.0 Å². The van der Waals surface area contributed by atoms with Crippen LogP contribution in [0.4, 0.5) is 4.39 Å². The summed E-state index contributed by atoms with van der Waals surface area (Å²) in [7, 11) is -2.83. The average molecular weight is 289 g/mol. The number of rotatable bonds is 5. The molecule has 106 valence electrons. The Morgan fingerprint density at radius 2 is 2.05 bits per heavy atom. The Balaban J connectivity index is 3.24. The van der Waals surface area contributed by atoms with Gasteiger partial charge in [-0.1, -0.05) is 13.8 Å². The second kappa shape index (κ2) is 6.12. The van der Waals surface area contributed by atoms with Crippen LogP contribution in [0.15, 0.2) is 23.1 Å². The fraction of sp³-hybridized carbons (Fsp3) is 0.417. The molecular formula is C12H16FNO4S. The maximum Gasteiger partial charge on any atom is 0.339 e. The molecule has 7 heteroatoms. The third-order valence-corrected chi connectivity index (χ3v) is 3.78. The van der Waals surface area contributed by atoms with Crippen molar-refractivity contribution in [3.8, 4) is 0 Å². The molecule has 0 unspecified atom stereocenters. The molecule has 0 saturated heterocycles. The number of esters is 1. The molecule has 5 nitrogen and oxygen atoms in total. The Morgan fingerprint density at radius 1 is 1.42 bits per heavy atom. The number of carbonyl (C=O) groups excluding carboxylic acids is 1. The van der Waals surface area contributed by atoms with Gasteiger partial charge in [0, 0.05) is 6.54 Å². The van der Waals surface area contributed by atoms with Gasteiger partial charge in [-0.2, -0.15) is 0 Å². The molecule has 0 radical (unpaired) electrons. The minimum Gasteiger partial charge on any atom is -0.465 e. The van der Waals surface area contributed by atoms with E-state index < -0.39 is 26.7 Å². The lowest BCUT2D eigenvalue weighted by Gasteiger charge is -2.11. The molecule has 0 saturated carbocycles. The molecule has 0 spiro atoms. The number of ether oxygens (including phenoxy) is 1. The molecule has 19 heavy (non-hydrogen) atoms. The summed E-state index contributed by atoms with van der Waals surface area (Å²) in [6, 6.07) is 2.90. The highest BCUT2D eigenvalue weighted by molar-refractivity contribution is 7.89. The summed E-state index contributed by atoms with van der Waals surface area (Å²) < 4.78 is 44.1. The molecule has 0 aliphatic rings. The van der Waals surface area contributed by atoms with Crippen LogP contribution < -0.4 is 4.72 Å². The third-order valence-electron chi connectivity index (χ3n) is 2.32. The lowest BCUT2D eigenvalue weighted by molar-refractivity contribution is 0.0596. The Kier molecular flexibility index (Phi) is 5.02. The van der Waals surface area contributed by atoms with Gasteiger partial charge in [0.15, 0.2) is 0 Å². The Labute approximate surface area is 111 Å². The van der Waals surface area contributed by atoms with E-state index in [1.54, 1.807) is 0 Å². The lowest BCUT2D eigenvalue weighted by Crippen LogP contribution is -2.29. The van der Waals surface area contributed by atoms with Crippen LogP contribution in [-0.4, -0.2) is 28.0 Å². The van der Waals surface area contributed by atoms with E-state index in [2.05, 4.69) is 9.46 Å². The zero-order valence-corrected chi connectivity index (χ0v) is 11.8. The van der Waals surface area contributed by atoms with E-state index in [0.29, 0.717) is 0 Å². The normalized spacial score (nSPS) is 11.6. The summed E-state index contributed by atoms with van der Waals surface area (Å²) in [5.74, 6) is -1.48. The highest BCUT2D eigenvalue weighted by atomic mass is 32.2. The lowest BCUT2D eigenvalue weighted by atomic mass is 10.2. The minimum atomic E-state index is -3.95. The molecule has 0 atom stereocenters. The highest BCUT2D eigenvalue weighted by Crippen LogP contribution is 2.18. The van der Waals surface area contributed by atoms with Crippen molar-refractivity contribution in [1.29, 1.82) is 0 Å². The summed E-state index contributed by atoms with van der Waals surface area (Å²) in [6.45, 7) is 3.85. The number of methoxy groups -OCH3 is 1. The Bertz CT molecular complexity index is 569. The standard InChI is InChI=1S/C12H16FNO4S/c1-8(2)7-14-19(16,17)11-6-9(13)4-5-10(11)12(15)18-3/h4-6,8,14H,7H2,1-3H3. The average Bonchev–Trinajstić information content (AvgIpc) is 2.35. The van der Waals surface area contributed by atoms with Gasteiger partial charge in [0.1, 0.15) is 5.82 Å². The van der Waals surface area contributed by atoms with Crippen LogP contribution in [0.25, 0.3) is 0 Å². The van der Waals surface area contributed by atoms with E-state index in [1.165, 1.54) is 0 Å². The molecule has 0 aliphatic heterocycles. The van der Waals surface area contributed by atoms with Gasteiger partial charge in [0.25, 0.3) is 0 Å². The van der Waals surface area contributed by atoms with Gasteiger partial charge >= 0.3 is 5.97 Å². The van der Waals surface area contributed by atoms with Gasteiger partial charge in [-0.3, -0.25) is 0 Å². The van der Waals surface area contributed by atoms with E-state index in [0.717, 1.165) is 25.3 Å². The summed E-state index contributed by atoms with van der Waals surface area (Å²) in [5, 5.41) is 0. The quantitative estimate of drug-likeness (QED) is 0.835. The van der Waals surface area contributed by atoms with Crippen molar-refractivity contribution in [2.24, 2.45) is 5.92 Å². The van der Waals surface area contributed by atoms with Crippen LogP contribution in [0.2, 0.25) is 0 Å². The highest BCUT2D eigenvalue weighted by Gasteiger charge is 2.23. The number of hydrogen-bond donors (Lipinski definition) is 1. The SMILES string of the molecule is COC(=O)c1ccc(F)cc1S(=O)(=O)NCC(C)C. The Morgan fingerprint density at radius 3 is 2.58 bits per heavy atom. The predicted molar refractivity (Wildman–Crippen MR) is 67.8 cm³/mol. The topological polar surface area (TPSA) is 72.5 Å². The molecule has 0 heterocycles. The molecule has 1 aromatic carbocycles. The van der Waals surface area contributed by atoms with Crippen LogP contribution in [0.5, 0.6) is 0 Å². The van der Waals surface area contributed by atoms with E-state index in [4.69, 9.17) is 0 Å². The van der Waals surface area contributed by atoms with Crippen LogP contribution in [-0.2, 0) is 14.8 Å². The number of halogens is 1. The minimum absolute atomic E-state index is 0.0879. The van der Waals surface area contributed by atoms with Crippen molar-refractivity contribution in [3.63, 3.8) is 0 Å². The molecule has 0 amide bonds. The molecule has 0 bridgehead atoms. The number of carbonyl (C=O) groups is 1. The fourth-order valence-corrected chi connectivity index (χ4v) is 2.77. The van der Waals surface area contributed by atoms with Crippen molar-refractivity contribution in [2.75, 3.05) is 13.7 Å². The first-order chi connectivity index (χ1) is 8.77. The van der Waals surface area contributed by atoms with Crippen LogP contribution in [0.1, 0.15) is 24.2 Å². The molecule has 1 N–H and O–H groups in total. The summed E-state index contributed by atoms with van der Waals surface area (Å²) in [6.07, 6.45) is 0. The second-order valence-electron chi connectivity index (χ2n) is 4.38. The maximum atomic E-state index is 13.2. The molecule has 1 rings (SSSR count). The van der Waals surface area contributed by atoms with Gasteiger partial charge in [0.2, 0.25) is 10.0 Å². The molecular weight excluding hydrogens is 273 g/mol. The summed E-state index contributed by atoms with van der Waals surface area (Å²) >= 11 is 0. The van der Waals surface area contributed by atoms with Crippen LogP contribution in [0, 0.1) is 11.7 Å². The van der Waals surface area contributed by atoms with Crippen LogP contribution >= 0.6 is 0 Å². The van der Waals surface area contributed by atoms with Gasteiger partial charge in [-0.25, -0.2) is 22.3 Å². The maximum absolute atomic E-state index is 13.2. The first-order valence-electron chi connectivity index (χ1n) is 5.65. The number of sulfonamides is 1. The predicted octanol–water partition coefficient (Wildman–Crippen LogP) is 1.55. The first kappa shape index (κ1) is 15.6. The number of hydrogen-bond acceptors (Lipinski definition) is 4. The monoisotopic (exact) mass is 289 g/mol. The van der Waals surface area contributed by atoms with E-state index in [9.17, 15) is 17.6 Å². The molecule has 0 aromatic heterocycles. The van der Waals surface area contributed by atoms with E-state index >= 15 is 0 Å². The van der Waals surface area contributed by atoms with Crippen molar-refractivity contribution in [1.82, 2.24) is 4.72 Å². The van der Waals surface area contributed by atoms with Gasteiger partial charge < -0.3 is 4.74 Å². The smallest absolute Gasteiger partial charge is 0.339 e. The zero-order valence-electron chi connectivity index (χ0n) is 10.9. The molecule has 0 fully saturated rings. The molecule has 0 aliphatic carbocycles. The number of benzene rings is 1. The third kappa shape index (κ3) is 4.00. The van der Waals surface area contributed by atoms with Crippen LogP contribution in [0.3, 0.4) is 0 Å². The van der Waals surface area contributed by atoms with Crippen molar-refractivity contribution >= 4 is 16.0 Å². The van der Waals surface area contributed by atoms with Crippen molar-refractivity contribution in [3.05, 3.63) is 29.6 Å². The summed E-state index contributed by atoms with van der Waals surface area (Å²) in [4.78, 5) is 11.1. The largest absolute Gasteiger partial charge is 0.465 e. The Hall–Kier alpha value is -1.47. The fourth-order valence-electron chi connectivity index (χ4n) is 1.35. The van der Waals surface area contributed by atoms with Gasteiger partial charge in [0.05, 0.1) is 17.6 Å². The van der Waals surface area contributed by atoms with E-state index in [1.807, 2.05) is 13.8 Å².